The Morgan fingerprint density at radius 2 is 1.86 bits per heavy atom. The predicted octanol–water partition coefficient (Wildman–Crippen LogP) is 4.99. The molecule has 1 aliphatic carbocycles. The number of nitrogens with zero attached hydrogens (tertiary/aromatic N) is 6. The third-order valence-corrected chi connectivity index (χ3v) is 11.9. The highest BCUT2D eigenvalue weighted by atomic mass is 19.3. The second-order valence-corrected chi connectivity index (χ2v) is 14.9. The summed E-state index contributed by atoms with van der Waals surface area (Å²) in [6, 6.07) is 5.31. The third kappa shape index (κ3) is 4.84. The van der Waals surface area contributed by atoms with E-state index in [2.05, 4.69) is 4.90 Å². The molecule has 14 heteroatoms. The molecule has 1 saturated carbocycles. The van der Waals surface area contributed by atoms with Crippen molar-refractivity contribution in [3.8, 4) is 11.8 Å². The van der Waals surface area contributed by atoms with Gasteiger partial charge < -0.3 is 24.5 Å². The average Bonchev–Trinajstić information content (AvgIpc) is 3.38. The normalized spacial score (nSPS) is 29.6. The van der Waals surface area contributed by atoms with Gasteiger partial charge in [0.2, 0.25) is 5.91 Å². The van der Waals surface area contributed by atoms with Gasteiger partial charge in [-0.3, -0.25) is 14.5 Å². The zero-order valence-corrected chi connectivity index (χ0v) is 27.7. The zero-order chi connectivity index (χ0) is 34.7. The quantitative estimate of drug-likeness (QED) is 0.346. The van der Waals surface area contributed by atoms with Crippen LogP contribution >= 0.6 is 0 Å². The smallest absolute Gasteiger partial charge is 0.318 e. The van der Waals surface area contributed by atoms with Gasteiger partial charge in [0.05, 0.1) is 23.5 Å². The van der Waals surface area contributed by atoms with Gasteiger partial charge in [-0.2, -0.15) is 9.97 Å². The second-order valence-electron chi connectivity index (χ2n) is 14.9. The molecule has 50 heavy (non-hydrogen) atoms. The molecule has 0 spiro atoms. The van der Waals surface area contributed by atoms with Crippen LogP contribution in [0.4, 0.5) is 29.1 Å². The lowest BCUT2D eigenvalue weighted by Gasteiger charge is -2.42. The molecule has 2 bridgehead atoms. The number of carbonyl (C=O) groups is 2. The van der Waals surface area contributed by atoms with Crippen LogP contribution in [0.2, 0.25) is 0 Å². The van der Waals surface area contributed by atoms with E-state index in [0.29, 0.717) is 65.8 Å². The molecule has 4 saturated heterocycles. The number of fused-ring (bicyclic) bond motifs is 5. The van der Waals surface area contributed by atoms with Crippen LogP contribution in [0.15, 0.2) is 24.3 Å². The number of phenolic OH excluding ortho intramolecular Hbond substituents is 1. The number of amides is 2. The Morgan fingerprint density at radius 1 is 1.10 bits per heavy atom. The van der Waals surface area contributed by atoms with Crippen LogP contribution in [-0.4, -0.2) is 99.2 Å². The van der Waals surface area contributed by atoms with E-state index in [-0.39, 0.29) is 55.6 Å². The number of benzene rings is 2. The van der Waals surface area contributed by atoms with Gasteiger partial charge in [-0.25, -0.2) is 17.6 Å². The Hall–Kier alpha value is -4.20. The molecule has 5 aliphatic heterocycles. The number of hydrogen-bond acceptors (Lipinski definition) is 8. The Labute approximate surface area is 286 Å². The van der Waals surface area contributed by atoms with Crippen molar-refractivity contribution in [2.45, 2.75) is 88.1 Å². The molecular weight excluding hydrogens is 656 g/mol. The Balaban J connectivity index is 1.09. The van der Waals surface area contributed by atoms with Gasteiger partial charge in [0.25, 0.3) is 11.8 Å². The first-order valence-electron chi connectivity index (χ1n) is 17.6. The highest BCUT2D eigenvalue weighted by Crippen LogP contribution is 2.51. The van der Waals surface area contributed by atoms with Gasteiger partial charge in [-0.1, -0.05) is 13.0 Å². The van der Waals surface area contributed by atoms with Crippen LogP contribution in [-0.2, 0) is 17.8 Å². The molecule has 3 aromatic rings. The predicted molar refractivity (Wildman–Crippen MR) is 175 cm³/mol. The highest BCUT2D eigenvalue weighted by Gasteiger charge is 2.64. The molecule has 1 N–H and O–H groups in total. The van der Waals surface area contributed by atoms with Crippen molar-refractivity contribution in [2.75, 3.05) is 42.6 Å². The van der Waals surface area contributed by atoms with Gasteiger partial charge in [0.1, 0.15) is 41.6 Å². The van der Waals surface area contributed by atoms with Crippen LogP contribution in [0.1, 0.15) is 67.1 Å². The van der Waals surface area contributed by atoms with Crippen molar-refractivity contribution >= 4 is 34.1 Å². The molecule has 6 heterocycles. The van der Waals surface area contributed by atoms with E-state index in [4.69, 9.17) is 14.7 Å². The van der Waals surface area contributed by atoms with Gasteiger partial charge in [-0.15, -0.1) is 0 Å². The maximum absolute atomic E-state index is 15.1. The summed E-state index contributed by atoms with van der Waals surface area (Å²) in [5, 5.41) is 11.8. The van der Waals surface area contributed by atoms with Crippen molar-refractivity contribution in [1.82, 2.24) is 19.8 Å². The van der Waals surface area contributed by atoms with E-state index in [9.17, 15) is 27.9 Å². The molecular formula is C36H38F4N6O4. The second kappa shape index (κ2) is 11.1. The summed E-state index contributed by atoms with van der Waals surface area (Å²) in [5.41, 5.74) is 0.926. The third-order valence-electron chi connectivity index (χ3n) is 11.9. The number of ether oxygens (including phenoxy) is 1. The number of aryl methyl sites for hydroxylation is 1. The minimum absolute atomic E-state index is 0.00413. The SMILES string of the molecule is CCc1c(F)ccc2cc(O)cc(N3Cc4nc(OCC56CCCN5CC(F)C6)nc(N5CC6CCC(C5)N6C(=O)C5CC5(F)F)c4C3=O)c12. The number of rotatable bonds is 7. The van der Waals surface area contributed by atoms with Crippen LogP contribution in [0, 0.1) is 11.7 Å². The molecule has 5 atom stereocenters. The van der Waals surface area contributed by atoms with Crippen molar-refractivity contribution in [3.05, 3.63) is 46.9 Å². The zero-order valence-electron chi connectivity index (χ0n) is 27.7. The Kier molecular flexibility index (Phi) is 7.08. The van der Waals surface area contributed by atoms with E-state index in [1.165, 1.54) is 23.1 Å². The van der Waals surface area contributed by atoms with Gasteiger partial charge >= 0.3 is 6.01 Å². The van der Waals surface area contributed by atoms with Crippen molar-refractivity contribution < 1.29 is 37.0 Å². The van der Waals surface area contributed by atoms with Gasteiger partial charge in [0.15, 0.2) is 0 Å². The summed E-state index contributed by atoms with van der Waals surface area (Å²) in [4.78, 5) is 44.3. The van der Waals surface area contributed by atoms with Gasteiger partial charge in [-0.05, 0) is 61.7 Å². The lowest BCUT2D eigenvalue weighted by molar-refractivity contribution is -0.138. The van der Waals surface area contributed by atoms with Crippen molar-refractivity contribution in [3.63, 3.8) is 0 Å². The number of anilines is 2. The van der Waals surface area contributed by atoms with E-state index in [1.54, 1.807) is 11.0 Å². The molecule has 2 aromatic carbocycles. The highest BCUT2D eigenvalue weighted by molar-refractivity contribution is 6.16. The summed E-state index contributed by atoms with van der Waals surface area (Å²) in [6.45, 7) is 3.75. The Bertz CT molecular complexity index is 1930. The summed E-state index contributed by atoms with van der Waals surface area (Å²) in [6.07, 6.45) is 2.36. The molecule has 5 fully saturated rings. The van der Waals surface area contributed by atoms with Gasteiger partial charge in [0, 0.05) is 56.0 Å². The van der Waals surface area contributed by atoms with E-state index in [0.717, 1.165) is 19.4 Å². The number of hydrogen-bond donors (Lipinski definition) is 1. The summed E-state index contributed by atoms with van der Waals surface area (Å²) >= 11 is 0. The average molecular weight is 695 g/mol. The number of aromatic nitrogens is 2. The lowest BCUT2D eigenvalue weighted by Crippen LogP contribution is -2.57. The maximum Gasteiger partial charge on any atom is 0.318 e. The summed E-state index contributed by atoms with van der Waals surface area (Å²) in [5.74, 6) is -5.36. The standard InChI is InChI=1S/C36H38F4N6O4/c1-2-24-26(38)7-4-19-10-23(47)11-28(29(19)24)45-17-27-30(33(45)49)31(42-34(41-27)50-18-35-8-3-9-44(35)14-20(37)12-35)43-15-21-5-6-22(16-43)46(21)32(48)25-13-36(25,39)40/h4,7,10-11,20-22,25,47H,2-3,5-6,8-9,12-18H2,1H3. The fourth-order valence-electron chi connectivity index (χ4n) is 9.43. The fraction of sp³-hybridized carbons (Fsp3) is 0.556. The lowest BCUT2D eigenvalue weighted by atomic mass is 9.95. The molecule has 10 nitrogen and oxygen atoms in total. The van der Waals surface area contributed by atoms with Crippen molar-refractivity contribution in [1.29, 1.82) is 0 Å². The number of aromatic hydroxyl groups is 1. The van der Waals surface area contributed by atoms with Crippen LogP contribution in [0.25, 0.3) is 10.8 Å². The summed E-state index contributed by atoms with van der Waals surface area (Å²) < 4.78 is 63.8. The van der Waals surface area contributed by atoms with E-state index >= 15 is 4.39 Å². The first-order valence-corrected chi connectivity index (χ1v) is 17.6. The molecule has 5 unspecified atom stereocenters. The maximum atomic E-state index is 15.1. The number of carbonyl (C=O) groups excluding carboxylic acids is 2. The Morgan fingerprint density at radius 3 is 2.58 bits per heavy atom. The number of alkyl halides is 3. The number of phenols is 1. The summed E-state index contributed by atoms with van der Waals surface area (Å²) in [7, 11) is 0. The molecule has 0 radical (unpaired) electrons. The molecule has 1 aromatic heterocycles. The van der Waals surface area contributed by atoms with Crippen LogP contribution in [0.3, 0.4) is 0 Å². The van der Waals surface area contributed by atoms with E-state index < -0.39 is 47.6 Å². The first-order chi connectivity index (χ1) is 24.0. The largest absolute Gasteiger partial charge is 0.508 e. The van der Waals surface area contributed by atoms with Crippen LogP contribution < -0.4 is 14.5 Å². The molecule has 6 aliphatic rings. The number of piperazine rings is 1. The number of halogens is 4. The first kappa shape index (κ1) is 31.8. The topological polar surface area (TPSA) is 102 Å². The minimum Gasteiger partial charge on any atom is -0.508 e. The molecule has 9 rings (SSSR count). The van der Waals surface area contributed by atoms with E-state index in [1.807, 2.05) is 11.8 Å². The van der Waals surface area contributed by atoms with Crippen molar-refractivity contribution in [2.24, 2.45) is 5.92 Å². The molecule has 2 amide bonds. The fourth-order valence-corrected chi connectivity index (χ4v) is 9.43. The molecule has 264 valence electrons. The minimum atomic E-state index is -2.96. The van der Waals surface area contributed by atoms with Crippen LogP contribution in [0.5, 0.6) is 11.8 Å². The monoisotopic (exact) mass is 694 g/mol.